The summed E-state index contributed by atoms with van der Waals surface area (Å²) in [6.45, 7) is 7.40. The highest BCUT2D eigenvalue weighted by molar-refractivity contribution is 5.66. The maximum Gasteiger partial charge on any atom is 0.148 e. The molecule has 2 heterocycles. The van der Waals surface area contributed by atoms with Crippen LogP contribution in [-0.2, 0) is 4.74 Å². The van der Waals surface area contributed by atoms with E-state index in [1.165, 1.54) is 0 Å². The summed E-state index contributed by atoms with van der Waals surface area (Å²) in [5.41, 5.74) is 7.23. The number of nitrogens with zero attached hydrogens (tertiary/aromatic N) is 2. The van der Waals surface area contributed by atoms with Crippen LogP contribution in [0.5, 0.6) is 0 Å². The summed E-state index contributed by atoms with van der Waals surface area (Å²) in [5, 5.41) is 17.6. The Balaban J connectivity index is 2.31. The van der Waals surface area contributed by atoms with Gasteiger partial charge in [-0.25, -0.2) is 4.68 Å². The average Bonchev–Trinajstić information content (AvgIpc) is 2.68. The van der Waals surface area contributed by atoms with Crippen molar-refractivity contribution in [2.24, 2.45) is 0 Å². The van der Waals surface area contributed by atoms with Crippen molar-refractivity contribution in [2.75, 3.05) is 30.9 Å². The van der Waals surface area contributed by atoms with E-state index in [4.69, 9.17) is 10.5 Å². The van der Waals surface area contributed by atoms with Gasteiger partial charge in [0.05, 0.1) is 23.5 Å². The highest BCUT2D eigenvalue weighted by Gasteiger charge is 2.34. The van der Waals surface area contributed by atoms with Gasteiger partial charge in [0.2, 0.25) is 0 Å². The normalized spacial score (nSPS) is 18.8. The molecule has 1 fully saturated rings. The molecule has 0 unspecified atom stereocenters. The molecule has 2 rings (SSSR count). The molecule has 1 aliphatic heterocycles. The van der Waals surface area contributed by atoms with Crippen LogP contribution >= 0.6 is 0 Å². The number of nitrogen functional groups attached to an aromatic ring is 1. The van der Waals surface area contributed by atoms with Gasteiger partial charge in [0.15, 0.2) is 0 Å². The lowest BCUT2D eigenvalue weighted by Gasteiger charge is -2.37. The quantitative estimate of drug-likeness (QED) is 0.766. The fraction of sp³-hybridized carbons (Fsp3) is 0.769. The number of rotatable bonds is 4. The molecular weight excluding hydrogens is 244 g/mol. The van der Waals surface area contributed by atoms with Crippen LogP contribution in [0, 0.1) is 6.92 Å². The van der Waals surface area contributed by atoms with Gasteiger partial charge in [-0.1, -0.05) is 0 Å². The Morgan fingerprint density at radius 3 is 2.63 bits per heavy atom. The molecular formula is C13H24N4O2. The van der Waals surface area contributed by atoms with Crippen LogP contribution in [0.4, 0.5) is 11.5 Å². The van der Waals surface area contributed by atoms with E-state index in [1.807, 2.05) is 11.6 Å². The Kier molecular flexibility index (Phi) is 4.01. The van der Waals surface area contributed by atoms with Gasteiger partial charge >= 0.3 is 0 Å². The molecule has 0 spiro atoms. The number of anilines is 2. The lowest BCUT2D eigenvalue weighted by Crippen LogP contribution is -2.47. The number of ether oxygens (including phenoxy) is 1. The number of hydrogen-bond acceptors (Lipinski definition) is 5. The molecule has 0 aliphatic carbocycles. The Bertz CT molecular complexity index is 436. The third-order valence-corrected chi connectivity index (χ3v) is 3.76. The summed E-state index contributed by atoms with van der Waals surface area (Å²) < 4.78 is 7.26. The van der Waals surface area contributed by atoms with Crippen molar-refractivity contribution in [3.05, 3.63) is 5.69 Å². The average molecular weight is 268 g/mol. The van der Waals surface area contributed by atoms with Crippen LogP contribution in [0.15, 0.2) is 0 Å². The fourth-order valence-electron chi connectivity index (χ4n) is 2.39. The van der Waals surface area contributed by atoms with E-state index in [0.29, 0.717) is 18.9 Å². The van der Waals surface area contributed by atoms with E-state index in [1.54, 1.807) is 0 Å². The lowest BCUT2D eigenvalue weighted by molar-refractivity contribution is 0.0376. The third-order valence-electron chi connectivity index (χ3n) is 3.76. The second-order valence-electron chi connectivity index (χ2n) is 5.56. The van der Waals surface area contributed by atoms with E-state index in [2.05, 4.69) is 24.3 Å². The number of nitrogens with two attached hydrogens (primary N) is 1. The van der Waals surface area contributed by atoms with Crippen molar-refractivity contribution in [3.8, 4) is 0 Å². The number of aryl methyl sites for hydroxylation is 1. The standard InChI is InChI=1S/C13H24N4O2/c1-9(2)17-12(11(14)10(3)16-17)15-13(8-18)4-6-19-7-5-13/h9,15,18H,4-8,14H2,1-3H3. The zero-order valence-corrected chi connectivity index (χ0v) is 11.9. The highest BCUT2D eigenvalue weighted by atomic mass is 16.5. The summed E-state index contributed by atoms with van der Waals surface area (Å²) in [5.74, 6) is 0.809. The van der Waals surface area contributed by atoms with Crippen LogP contribution < -0.4 is 11.1 Å². The Morgan fingerprint density at radius 1 is 1.47 bits per heavy atom. The molecule has 0 bridgehead atoms. The first-order valence-corrected chi connectivity index (χ1v) is 6.80. The second kappa shape index (κ2) is 5.38. The molecule has 1 aromatic rings. The molecule has 6 nitrogen and oxygen atoms in total. The van der Waals surface area contributed by atoms with Gasteiger partial charge in [-0.2, -0.15) is 5.10 Å². The van der Waals surface area contributed by atoms with Gasteiger partial charge < -0.3 is 20.9 Å². The van der Waals surface area contributed by atoms with Crippen LogP contribution in [0.2, 0.25) is 0 Å². The minimum absolute atomic E-state index is 0.0676. The predicted octanol–water partition coefficient (Wildman–Crippen LogP) is 1.31. The maximum atomic E-state index is 9.74. The van der Waals surface area contributed by atoms with Gasteiger partial charge in [-0.15, -0.1) is 0 Å². The molecule has 0 atom stereocenters. The Hall–Kier alpha value is -1.27. The maximum absolute atomic E-state index is 9.74. The van der Waals surface area contributed by atoms with Gasteiger partial charge in [-0.3, -0.25) is 0 Å². The van der Waals surface area contributed by atoms with Crippen LogP contribution in [0.3, 0.4) is 0 Å². The van der Waals surface area contributed by atoms with Crippen molar-refractivity contribution >= 4 is 11.5 Å². The summed E-state index contributed by atoms with van der Waals surface area (Å²) in [6.07, 6.45) is 1.54. The number of aromatic nitrogens is 2. The van der Waals surface area contributed by atoms with Crippen molar-refractivity contribution < 1.29 is 9.84 Å². The van der Waals surface area contributed by atoms with Crippen molar-refractivity contribution in [2.45, 2.75) is 45.2 Å². The van der Waals surface area contributed by atoms with E-state index in [9.17, 15) is 5.11 Å². The molecule has 4 N–H and O–H groups in total. The third kappa shape index (κ3) is 2.69. The van der Waals surface area contributed by atoms with Crippen LogP contribution in [0.1, 0.15) is 38.4 Å². The summed E-state index contributed by atoms with van der Waals surface area (Å²) >= 11 is 0. The second-order valence-corrected chi connectivity index (χ2v) is 5.56. The van der Waals surface area contributed by atoms with Gasteiger partial charge in [0, 0.05) is 19.3 Å². The number of aliphatic hydroxyl groups excluding tert-OH is 1. The molecule has 0 amide bonds. The molecule has 0 saturated carbocycles. The molecule has 1 aromatic heterocycles. The highest BCUT2D eigenvalue weighted by Crippen LogP contribution is 2.32. The van der Waals surface area contributed by atoms with E-state index >= 15 is 0 Å². The smallest absolute Gasteiger partial charge is 0.148 e. The summed E-state index contributed by atoms with van der Waals surface area (Å²) in [7, 11) is 0. The number of nitrogens with one attached hydrogen (secondary N) is 1. The first-order valence-electron chi connectivity index (χ1n) is 6.80. The zero-order chi connectivity index (χ0) is 14.0. The van der Waals surface area contributed by atoms with Crippen LogP contribution in [-0.4, -0.2) is 40.2 Å². The monoisotopic (exact) mass is 268 g/mol. The van der Waals surface area contributed by atoms with Crippen molar-refractivity contribution in [1.82, 2.24) is 9.78 Å². The molecule has 6 heteroatoms. The predicted molar refractivity (Wildman–Crippen MR) is 75.3 cm³/mol. The van der Waals surface area contributed by atoms with Gasteiger partial charge in [-0.05, 0) is 33.6 Å². The first kappa shape index (κ1) is 14.1. The molecule has 1 aliphatic rings. The molecule has 0 aromatic carbocycles. The Morgan fingerprint density at radius 2 is 2.11 bits per heavy atom. The van der Waals surface area contributed by atoms with E-state index in [-0.39, 0.29) is 18.2 Å². The number of hydrogen-bond donors (Lipinski definition) is 3. The molecule has 19 heavy (non-hydrogen) atoms. The molecule has 0 radical (unpaired) electrons. The summed E-state index contributed by atoms with van der Waals surface area (Å²) in [6, 6.07) is 0.217. The summed E-state index contributed by atoms with van der Waals surface area (Å²) in [4.78, 5) is 0. The molecule has 108 valence electrons. The first-order chi connectivity index (χ1) is 8.99. The van der Waals surface area contributed by atoms with E-state index < -0.39 is 0 Å². The minimum Gasteiger partial charge on any atom is -0.394 e. The van der Waals surface area contributed by atoms with E-state index in [0.717, 1.165) is 24.4 Å². The van der Waals surface area contributed by atoms with Gasteiger partial charge in [0.1, 0.15) is 5.82 Å². The Labute approximate surface area is 113 Å². The van der Waals surface area contributed by atoms with Crippen LogP contribution in [0.25, 0.3) is 0 Å². The van der Waals surface area contributed by atoms with Gasteiger partial charge in [0.25, 0.3) is 0 Å². The largest absolute Gasteiger partial charge is 0.394 e. The SMILES string of the molecule is Cc1nn(C(C)C)c(NC2(CO)CCOCC2)c1N. The molecule has 1 saturated heterocycles. The lowest BCUT2D eigenvalue weighted by atomic mass is 9.91. The van der Waals surface area contributed by atoms with Crippen molar-refractivity contribution in [1.29, 1.82) is 0 Å². The van der Waals surface area contributed by atoms with Crippen molar-refractivity contribution in [3.63, 3.8) is 0 Å². The minimum atomic E-state index is -0.356. The zero-order valence-electron chi connectivity index (χ0n) is 11.9. The topological polar surface area (TPSA) is 85.3 Å². The number of aliphatic hydroxyl groups is 1. The fourth-order valence-corrected chi connectivity index (χ4v) is 2.39.